The van der Waals surface area contributed by atoms with Gasteiger partial charge in [-0.15, -0.1) is 10.2 Å². The third-order valence-electron chi connectivity index (χ3n) is 3.50. The number of aromatic nitrogens is 2. The van der Waals surface area contributed by atoms with Crippen LogP contribution < -0.4 is 10.1 Å². The second kappa shape index (κ2) is 8.81. The van der Waals surface area contributed by atoms with E-state index in [0.29, 0.717) is 28.6 Å². The summed E-state index contributed by atoms with van der Waals surface area (Å²) < 4.78 is 18.3. The number of hydrogen-bond acceptors (Lipinski definition) is 6. The van der Waals surface area contributed by atoms with Gasteiger partial charge in [0, 0.05) is 5.69 Å². The van der Waals surface area contributed by atoms with Crippen molar-refractivity contribution in [3.63, 3.8) is 0 Å². The summed E-state index contributed by atoms with van der Waals surface area (Å²) in [6, 6.07) is 10.2. The minimum Gasteiger partial charge on any atom is -0.504 e. The normalized spacial score (nSPS) is 11.3. The van der Waals surface area contributed by atoms with Crippen molar-refractivity contribution in [3.8, 4) is 11.5 Å². The van der Waals surface area contributed by atoms with Crippen molar-refractivity contribution in [2.75, 3.05) is 11.9 Å². The summed E-state index contributed by atoms with van der Waals surface area (Å²) in [5.41, 5.74) is 1.14. The Balaban J connectivity index is 1.75. The Hall–Kier alpha value is -2.97. The Kier molecular flexibility index (Phi) is 6.23. The molecule has 0 spiro atoms. The van der Waals surface area contributed by atoms with Gasteiger partial charge in [0.15, 0.2) is 16.5 Å². The third kappa shape index (κ3) is 4.85. The van der Waals surface area contributed by atoms with E-state index in [1.165, 1.54) is 30.3 Å². The maximum Gasteiger partial charge on any atom is 0.286 e. The van der Waals surface area contributed by atoms with Gasteiger partial charge in [-0.25, -0.2) is 4.39 Å². The molecule has 0 unspecified atom stereocenters. The fourth-order valence-electron chi connectivity index (χ4n) is 2.23. The Morgan fingerprint density at radius 2 is 1.96 bits per heavy atom. The summed E-state index contributed by atoms with van der Waals surface area (Å²) in [4.78, 5) is 12.2. The van der Waals surface area contributed by atoms with E-state index in [-0.39, 0.29) is 15.8 Å². The number of nitrogens with zero attached hydrogens (tertiary/aromatic N) is 2. The van der Waals surface area contributed by atoms with E-state index in [9.17, 15) is 14.3 Å². The first kappa shape index (κ1) is 19.8. The minimum absolute atomic E-state index is 0.0331. The van der Waals surface area contributed by atoms with Crippen LogP contribution in [0.15, 0.2) is 42.5 Å². The smallest absolute Gasteiger partial charge is 0.286 e. The third-order valence-corrected chi connectivity index (χ3v) is 4.86. The standard InChI is InChI=1S/C19H15ClFN3O3S/c1-2-27-16-10-11(3-8-15(16)25)9-14(20)18-23-24-19(28-18)17(26)22-13-6-4-12(21)5-7-13/h3-10,25H,2H2,1H3,(H,22,26)/b14-9+. The zero-order chi connectivity index (χ0) is 20.1. The number of anilines is 1. The highest BCUT2D eigenvalue weighted by atomic mass is 35.5. The van der Waals surface area contributed by atoms with Gasteiger partial charge in [0.1, 0.15) is 5.82 Å². The van der Waals surface area contributed by atoms with Crippen LogP contribution in [-0.4, -0.2) is 27.8 Å². The molecule has 2 N–H and O–H groups in total. The van der Waals surface area contributed by atoms with Gasteiger partial charge in [0.25, 0.3) is 5.91 Å². The lowest BCUT2D eigenvalue weighted by molar-refractivity contribution is 0.102. The summed E-state index contributed by atoms with van der Waals surface area (Å²) in [5, 5.41) is 20.9. The van der Waals surface area contributed by atoms with E-state index in [2.05, 4.69) is 15.5 Å². The number of halogens is 2. The number of aromatic hydroxyl groups is 1. The van der Waals surface area contributed by atoms with Gasteiger partial charge in [-0.05, 0) is 55.0 Å². The van der Waals surface area contributed by atoms with E-state index in [4.69, 9.17) is 16.3 Å². The molecule has 1 aromatic heterocycles. The largest absolute Gasteiger partial charge is 0.504 e. The topological polar surface area (TPSA) is 84.3 Å². The number of rotatable bonds is 6. The number of hydrogen-bond donors (Lipinski definition) is 2. The van der Waals surface area contributed by atoms with Gasteiger partial charge >= 0.3 is 0 Å². The molecular weight excluding hydrogens is 405 g/mol. The Bertz CT molecular complexity index is 1020. The molecule has 0 saturated heterocycles. The summed E-state index contributed by atoms with van der Waals surface area (Å²) in [7, 11) is 0. The Morgan fingerprint density at radius 3 is 2.68 bits per heavy atom. The van der Waals surface area contributed by atoms with Gasteiger partial charge in [-0.1, -0.05) is 29.0 Å². The number of carbonyl (C=O) groups excluding carboxylic acids is 1. The molecule has 6 nitrogen and oxygen atoms in total. The van der Waals surface area contributed by atoms with Crippen LogP contribution in [0.1, 0.15) is 27.3 Å². The average molecular weight is 420 g/mol. The molecule has 0 atom stereocenters. The molecule has 1 amide bonds. The molecule has 0 aliphatic rings. The van der Waals surface area contributed by atoms with Gasteiger partial charge in [0.05, 0.1) is 11.6 Å². The zero-order valence-electron chi connectivity index (χ0n) is 14.6. The fraction of sp³-hybridized carbons (Fsp3) is 0.105. The molecule has 3 rings (SSSR count). The fourth-order valence-corrected chi connectivity index (χ4v) is 3.16. The first-order valence-electron chi connectivity index (χ1n) is 8.20. The van der Waals surface area contributed by atoms with Gasteiger partial charge < -0.3 is 15.2 Å². The SMILES string of the molecule is CCOc1cc(/C=C(/Cl)c2nnc(C(=O)Nc3ccc(F)cc3)s2)ccc1O. The number of benzene rings is 2. The predicted molar refractivity (Wildman–Crippen MR) is 107 cm³/mol. The summed E-state index contributed by atoms with van der Waals surface area (Å²) in [6.07, 6.45) is 1.63. The number of carbonyl (C=O) groups is 1. The first-order valence-corrected chi connectivity index (χ1v) is 9.39. The Morgan fingerprint density at radius 1 is 1.25 bits per heavy atom. The molecule has 9 heteroatoms. The molecule has 1 heterocycles. The molecule has 28 heavy (non-hydrogen) atoms. The van der Waals surface area contributed by atoms with E-state index in [0.717, 1.165) is 11.3 Å². The molecule has 0 bridgehead atoms. The van der Waals surface area contributed by atoms with E-state index < -0.39 is 11.7 Å². The van der Waals surface area contributed by atoms with Crippen LogP contribution in [-0.2, 0) is 0 Å². The van der Waals surface area contributed by atoms with Crippen molar-refractivity contribution in [1.82, 2.24) is 10.2 Å². The molecule has 0 aliphatic heterocycles. The van der Waals surface area contributed by atoms with E-state index in [1.807, 2.05) is 6.92 Å². The highest BCUT2D eigenvalue weighted by Gasteiger charge is 2.15. The molecule has 0 aliphatic carbocycles. The first-order chi connectivity index (χ1) is 13.5. The maximum atomic E-state index is 12.9. The summed E-state index contributed by atoms with van der Waals surface area (Å²) in [6.45, 7) is 2.23. The van der Waals surface area contributed by atoms with Crippen molar-refractivity contribution in [3.05, 3.63) is 63.9 Å². The van der Waals surface area contributed by atoms with Gasteiger partial charge in [0.2, 0.25) is 5.01 Å². The van der Waals surface area contributed by atoms with E-state index >= 15 is 0 Å². The molecule has 3 aromatic rings. The monoisotopic (exact) mass is 419 g/mol. The quantitative estimate of drug-likeness (QED) is 0.601. The maximum absolute atomic E-state index is 12.9. The molecular formula is C19H15ClFN3O3S. The van der Waals surface area contributed by atoms with Crippen molar-refractivity contribution >= 4 is 45.6 Å². The van der Waals surface area contributed by atoms with Crippen LogP contribution in [0.3, 0.4) is 0 Å². The average Bonchev–Trinajstić information content (AvgIpc) is 3.17. The number of nitrogens with one attached hydrogen (secondary N) is 1. The van der Waals surface area contributed by atoms with Crippen LogP contribution in [0, 0.1) is 5.82 Å². The number of ether oxygens (including phenoxy) is 1. The van der Waals surface area contributed by atoms with Crippen molar-refractivity contribution in [1.29, 1.82) is 0 Å². The number of phenolic OH excluding ortho intramolecular Hbond substituents is 1. The van der Waals surface area contributed by atoms with Gasteiger partial charge in [-0.2, -0.15) is 0 Å². The molecule has 144 valence electrons. The lowest BCUT2D eigenvalue weighted by Gasteiger charge is -2.06. The number of phenols is 1. The number of amides is 1. The predicted octanol–water partition coefficient (Wildman–Crippen LogP) is 4.77. The second-order valence-electron chi connectivity index (χ2n) is 5.53. The van der Waals surface area contributed by atoms with Crippen molar-refractivity contribution in [2.24, 2.45) is 0 Å². The molecule has 0 radical (unpaired) electrons. The second-order valence-corrected chi connectivity index (χ2v) is 6.91. The van der Waals surface area contributed by atoms with Crippen molar-refractivity contribution < 1.29 is 19.0 Å². The van der Waals surface area contributed by atoms with Crippen LogP contribution in [0.25, 0.3) is 11.1 Å². The zero-order valence-corrected chi connectivity index (χ0v) is 16.2. The van der Waals surface area contributed by atoms with Crippen molar-refractivity contribution in [2.45, 2.75) is 6.92 Å². The van der Waals surface area contributed by atoms with Crippen LogP contribution >= 0.6 is 22.9 Å². The van der Waals surface area contributed by atoms with Gasteiger partial charge in [-0.3, -0.25) is 4.79 Å². The lowest BCUT2D eigenvalue weighted by Crippen LogP contribution is -2.11. The van der Waals surface area contributed by atoms with Crippen LogP contribution in [0.2, 0.25) is 0 Å². The molecule has 0 fully saturated rings. The summed E-state index contributed by atoms with van der Waals surface area (Å²) in [5.74, 6) is -0.485. The molecule has 0 saturated carbocycles. The molecule has 2 aromatic carbocycles. The Labute approximate surface area is 169 Å². The van der Waals surface area contributed by atoms with E-state index in [1.54, 1.807) is 18.2 Å². The highest BCUT2D eigenvalue weighted by Crippen LogP contribution is 2.30. The van der Waals surface area contributed by atoms with Crippen LogP contribution in [0.4, 0.5) is 10.1 Å². The van der Waals surface area contributed by atoms with Crippen LogP contribution in [0.5, 0.6) is 11.5 Å². The summed E-state index contributed by atoms with van der Waals surface area (Å²) >= 11 is 7.32. The lowest BCUT2D eigenvalue weighted by atomic mass is 10.2. The minimum atomic E-state index is -0.469. The highest BCUT2D eigenvalue weighted by molar-refractivity contribution is 7.15.